The summed E-state index contributed by atoms with van der Waals surface area (Å²) in [6.07, 6.45) is 2.01. The van der Waals surface area contributed by atoms with Crippen molar-refractivity contribution in [3.63, 3.8) is 0 Å². The zero-order chi connectivity index (χ0) is 17.6. The number of aryl methyl sites for hydroxylation is 1. The molecular formula is C21H26N2O2. The van der Waals surface area contributed by atoms with Crippen LogP contribution in [-0.2, 0) is 6.61 Å². The second kappa shape index (κ2) is 8.17. The minimum absolute atomic E-state index is 0.0629. The number of nitrogens with one attached hydrogen (secondary N) is 1. The number of hydrogen-bond donors (Lipinski definition) is 1. The van der Waals surface area contributed by atoms with Gasteiger partial charge < -0.3 is 15.0 Å². The Morgan fingerprint density at radius 2 is 1.92 bits per heavy atom. The fraction of sp³-hybridized carbons (Fsp3) is 0.381. The van der Waals surface area contributed by atoms with E-state index in [-0.39, 0.29) is 5.91 Å². The summed E-state index contributed by atoms with van der Waals surface area (Å²) in [5, 5.41) is 3.34. The summed E-state index contributed by atoms with van der Waals surface area (Å²) in [7, 11) is 1.90. The van der Waals surface area contributed by atoms with E-state index < -0.39 is 0 Å². The predicted molar refractivity (Wildman–Crippen MR) is 99.9 cm³/mol. The largest absolute Gasteiger partial charge is 0.489 e. The van der Waals surface area contributed by atoms with Crippen molar-refractivity contribution in [2.75, 3.05) is 20.1 Å². The van der Waals surface area contributed by atoms with Crippen molar-refractivity contribution in [1.29, 1.82) is 0 Å². The summed E-state index contributed by atoms with van der Waals surface area (Å²) < 4.78 is 5.88. The molecule has 132 valence electrons. The molecule has 0 spiro atoms. The molecule has 0 unspecified atom stereocenters. The SMILES string of the molecule is Cc1cccc(COc2cccc(C(=O)N(C)C3CCNCC3)c2)c1. The summed E-state index contributed by atoms with van der Waals surface area (Å²) in [6, 6.07) is 16.1. The van der Waals surface area contributed by atoms with Crippen molar-refractivity contribution in [3.05, 3.63) is 65.2 Å². The molecule has 0 aromatic heterocycles. The van der Waals surface area contributed by atoms with Crippen molar-refractivity contribution < 1.29 is 9.53 Å². The normalized spacial score (nSPS) is 15.0. The highest BCUT2D eigenvalue weighted by Gasteiger charge is 2.23. The molecule has 0 atom stereocenters. The van der Waals surface area contributed by atoms with Gasteiger partial charge in [-0.05, 0) is 56.6 Å². The molecule has 0 bridgehead atoms. The molecule has 1 saturated heterocycles. The molecule has 25 heavy (non-hydrogen) atoms. The van der Waals surface area contributed by atoms with Gasteiger partial charge in [0.05, 0.1) is 0 Å². The van der Waals surface area contributed by atoms with Crippen LogP contribution >= 0.6 is 0 Å². The lowest BCUT2D eigenvalue weighted by Crippen LogP contribution is -2.43. The van der Waals surface area contributed by atoms with Crippen LogP contribution in [0.1, 0.15) is 34.3 Å². The number of ether oxygens (including phenoxy) is 1. The minimum atomic E-state index is 0.0629. The van der Waals surface area contributed by atoms with Crippen molar-refractivity contribution in [2.45, 2.75) is 32.4 Å². The van der Waals surface area contributed by atoms with Crippen LogP contribution in [0.3, 0.4) is 0 Å². The second-order valence-electron chi connectivity index (χ2n) is 6.70. The van der Waals surface area contributed by atoms with Gasteiger partial charge in [0.2, 0.25) is 0 Å². The summed E-state index contributed by atoms with van der Waals surface area (Å²) in [5.74, 6) is 0.791. The first-order chi connectivity index (χ1) is 12.1. The lowest BCUT2D eigenvalue weighted by atomic mass is 10.0. The average Bonchev–Trinajstić information content (AvgIpc) is 2.66. The van der Waals surface area contributed by atoms with E-state index in [4.69, 9.17) is 4.74 Å². The van der Waals surface area contributed by atoms with Gasteiger partial charge in [-0.15, -0.1) is 0 Å². The summed E-state index contributed by atoms with van der Waals surface area (Å²) in [5.41, 5.74) is 3.03. The Hall–Kier alpha value is -2.33. The quantitative estimate of drug-likeness (QED) is 0.908. The number of carbonyl (C=O) groups is 1. The van der Waals surface area contributed by atoms with E-state index in [0.717, 1.165) is 37.2 Å². The molecule has 2 aromatic carbocycles. The number of piperidine rings is 1. The predicted octanol–water partition coefficient (Wildman–Crippen LogP) is 3.40. The lowest BCUT2D eigenvalue weighted by Gasteiger charge is -2.31. The molecule has 0 aliphatic carbocycles. The molecule has 1 N–H and O–H groups in total. The molecule has 1 amide bonds. The summed E-state index contributed by atoms with van der Waals surface area (Å²) >= 11 is 0. The Morgan fingerprint density at radius 1 is 1.16 bits per heavy atom. The van der Waals surface area contributed by atoms with Crippen LogP contribution in [0.2, 0.25) is 0 Å². The van der Waals surface area contributed by atoms with Gasteiger partial charge in [0, 0.05) is 18.7 Å². The highest BCUT2D eigenvalue weighted by molar-refractivity contribution is 5.94. The van der Waals surface area contributed by atoms with E-state index in [1.807, 2.05) is 48.3 Å². The Morgan fingerprint density at radius 3 is 2.68 bits per heavy atom. The van der Waals surface area contributed by atoms with Crippen molar-refractivity contribution in [2.24, 2.45) is 0 Å². The third-order valence-corrected chi connectivity index (χ3v) is 4.75. The van der Waals surface area contributed by atoms with Crippen LogP contribution in [0.4, 0.5) is 0 Å². The maximum absolute atomic E-state index is 12.8. The van der Waals surface area contributed by atoms with Gasteiger partial charge in [0.1, 0.15) is 12.4 Å². The molecule has 3 rings (SSSR count). The smallest absolute Gasteiger partial charge is 0.253 e. The van der Waals surface area contributed by atoms with Crippen LogP contribution in [0, 0.1) is 6.92 Å². The van der Waals surface area contributed by atoms with Gasteiger partial charge in [-0.25, -0.2) is 0 Å². The zero-order valence-corrected chi connectivity index (χ0v) is 15.0. The topological polar surface area (TPSA) is 41.6 Å². The molecule has 0 radical (unpaired) electrons. The number of amides is 1. The first-order valence-electron chi connectivity index (χ1n) is 8.90. The molecule has 2 aromatic rings. The first kappa shape index (κ1) is 17.5. The molecule has 4 heteroatoms. The second-order valence-corrected chi connectivity index (χ2v) is 6.70. The number of benzene rings is 2. The zero-order valence-electron chi connectivity index (χ0n) is 15.0. The van der Waals surface area contributed by atoms with Crippen molar-refractivity contribution >= 4 is 5.91 Å². The highest BCUT2D eigenvalue weighted by atomic mass is 16.5. The van der Waals surface area contributed by atoms with E-state index in [1.165, 1.54) is 5.56 Å². The van der Waals surface area contributed by atoms with Gasteiger partial charge in [0.25, 0.3) is 5.91 Å². The maximum Gasteiger partial charge on any atom is 0.253 e. The molecule has 1 heterocycles. The molecule has 0 saturated carbocycles. The molecule has 1 aliphatic rings. The first-order valence-corrected chi connectivity index (χ1v) is 8.90. The summed E-state index contributed by atoms with van der Waals surface area (Å²) in [6.45, 7) is 4.52. The Labute approximate surface area is 149 Å². The number of hydrogen-bond acceptors (Lipinski definition) is 3. The third-order valence-electron chi connectivity index (χ3n) is 4.75. The lowest BCUT2D eigenvalue weighted by molar-refractivity contribution is 0.0702. The summed E-state index contributed by atoms with van der Waals surface area (Å²) in [4.78, 5) is 14.6. The van der Waals surface area contributed by atoms with Crippen LogP contribution in [0.15, 0.2) is 48.5 Å². The van der Waals surface area contributed by atoms with Crippen molar-refractivity contribution in [1.82, 2.24) is 10.2 Å². The van der Waals surface area contributed by atoms with Gasteiger partial charge in [-0.1, -0.05) is 35.9 Å². The van der Waals surface area contributed by atoms with E-state index in [2.05, 4.69) is 24.4 Å². The number of rotatable bonds is 5. The van der Waals surface area contributed by atoms with E-state index in [1.54, 1.807) is 0 Å². The Balaban J connectivity index is 1.65. The fourth-order valence-corrected chi connectivity index (χ4v) is 3.25. The minimum Gasteiger partial charge on any atom is -0.489 e. The van der Waals surface area contributed by atoms with Gasteiger partial charge in [-0.2, -0.15) is 0 Å². The van der Waals surface area contributed by atoms with E-state index in [9.17, 15) is 4.79 Å². The fourth-order valence-electron chi connectivity index (χ4n) is 3.25. The van der Waals surface area contributed by atoms with Crippen molar-refractivity contribution in [3.8, 4) is 5.75 Å². The monoisotopic (exact) mass is 338 g/mol. The number of nitrogens with zero attached hydrogens (tertiary/aromatic N) is 1. The van der Waals surface area contributed by atoms with Gasteiger partial charge in [0.15, 0.2) is 0 Å². The number of carbonyl (C=O) groups excluding carboxylic acids is 1. The highest BCUT2D eigenvalue weighted by Crippen LogP contribution is 2.19. The molecule has 4 nitrogen and oxygen atoms in total. The van der Waals surface area contributed by atoms with Crippen LogP contribution < -0.4 is 10.1 Å². The molecule has 1 aliphatic heterocycles. The Kier molecular flexibility index (Phi) is 5.71. The maximum atomic E-state index is 12.8. The van der Waals surface area contributed by atoms with Crippen LogP contribution in [0.5, 0.6) is 5.75 Å². The van der Waals surface area contributed by atoms with E-state index in [0.29, 0.717) is 18.2 Å². The average molecular weight is 338 g/mol. The standard InChI is InChI=1S/C21H26N2O2/c1-16-5-3-6-17(13-16)15-25-20-8-4-7-18(14-20)21(24)23(2)19-9-11-22-12-10-19/h3-8,13-14,19,22H,9-12,15H2,1-2H3. The van der Waals surface area contributed by atoms with E-state index >= 15 is 0 Å². The molecular weight excluding hydrogens is 312 g/mol. The van der Waals surface area contributed by atoms with Crippen LogP contribution in [-0.4, -0.2) is 37.0 Å². The Bertz CT molecular complexity index is 723. The molecule has 1 fully saturated rings. The van der Waals surface area contributed by atoms with Crippen LogP contribution in [0.25, 0.3) is 0 Å². The third kappa shape index (κ3) is 4.60. The van der Waals surface area contributed by atoms with Gasteiger partial charge in [-0.3, -0.25) is 4.79 Å². The van der Waals surface area contributed by atoms with Gasteiger partial charge >= 0.3 is 0 Å².